The summed E-state index contributed by atoms with van der Waals surface area (Å²) in [6, 6.07) is 3.20. The number of nitrogens with zero attached hydrogens (tertiary/aromatic N) is 3. The molecular formula is C13H22N4O3. The van der Waals surface area contributed by atoms with E-state index in [1.807, 2.05) is 25.7 Å². The summed E-state index contributed by atoms with van der Waals surface area (Å²) in [6.07, 6.45) is 0. The summed E-state index contributed by atoms with van der Waals surface area (Å²) >= 11 is 0. The Labute approximate surface area is 119 Å². The number of anilines is 2. The van der Waals surface area contributed by atoms with Crippen molar-refractivity contribution in [3.63, 3.8) is 0 Å². The molecule has 20 heavy (non-hydrogen) atoms. The molecule has 1 N–H and O–H groups in total. The highest BCUT2D eigenvalue weighted by atomic mass is 16.6. The molecule has 0 unspecified atom stereocenters. The van der Waals surface area contributed by atoms with Crippen LogP contribution in [0.5, 0.6) is 0 Å². The lowest BCUT2D eigenvalue weighted by molar-refractivity contribution is -0.384. The maximum atomic E-state index is 11.2. The number of nitro groups is 1. The monoisotopic (exact) mass is 282 g/mol. The average molecular weight is 282 g/mol. The lowest BCUT2D eigenvalue weighted by Crippen LogP contribution is -2.35. The Balaban J connectivity index is 3.19. The molecule has 0 spiro atoms. The van der Waals surface area contributed by atoms with Crippen LogP contribution in [0.3, 0.4) is 0 Å². The molecule has 0 aliphatic heterocycles. The van der Waals surface area contributed by atoms with E-state index in [0.29, 0.717) is 31.3 Å². The molecule has 0 saturated carbocycles. The fourth-order valence-corrected chi connectivity index (χ4v) is 1.87. The summed E-state index contributed by atoms with van der Waals surface area (Å²) in [5.41, 5.74) is 0.0106. The minimum absolute atomic E-state index is 0.0106. The van der Waals surface area contributed by atoms with E-state index >= 15 is 0 Å². The highest BCUT2D eigenvalue weighted by Crippen LogP contribution is 2.28. The maximum Gasteiger partial charge on any atom is 0.311 e. The Kier molecular flexibility index (Phi) is 6.17. The lowest BCUT2D eigenvalue weighted by atomic mass is 10.2. The topological polar surface area (TPSA) is 80.5 Å². The number of hydrogen-bond acceptors (Lipinski definition) is 6. The summed E-state index contributed by atoms with van der Waals surface area (Å²) in [7, 11) is 1.61. The molecule has 7 heteroatoms. The molecule has 0 radical (unpaired) electrons. The van der Waals surface area contributed by atoms with Gasteiger partial charge in [-0.25, -0.2) is 4.98 Å². The SMILES string of the molecule is CCNc1ccc([N+](=O)[O-])c(N(CCOC)C(C)C)n1. The van der Waals surface area contributed by atoms with E-state index in [2.05, 4.69) is 10.3 Å². The third kappa shape index (κ3) is 4.06. The number of nitrogens with one attached hydrogen (secondary N) is 1. The number of ether oxygens (including phenoxy) is 1. The first kappa shape index (κ1) is 16.2. The summed E-state index contributed by atoms with van der Waals surface area (Å²) in [6.45, 7) is 7.65. The van der Waals surface area contributed by atoms with Gasteiger partial charge in [0.2, 0.25) is 5.82 Å². The zero-order valence-electron chi connectivity index (χ0n) is 12.4. The first-order valence-electron chi connectivity index (χ1n) is 6.66. The van der Waals surface area contributed by atoms with Crippen LogP contribution < -0.4 is 10.2 Å². The zero-order valence-corrected chi connectivity index (χ0v) is 12.4. The predicted molar refractivity (Wildman–Crippen MR) is 79.4 cm³/mol. The molecule has 0 aromatic carbocycles. The van der Waals surface area contributed by atoms with E-state index in [0.717, 1.165) is 0 Å². The number of methoxy groups -OCH3 is 1. The lowest BCUT2D eigenvalue weighted by Gasteiger charge is -2.27. The third-order valence-corrected chi connectivity index (χ3v) is 2.84. The van der Waals surface area contributed by atoms with Crippen molar-refractivity contribution in [2.24, 2.45) is 0 Å². The normalized spacial score (nSPS) is 10.7. The molecule has 7 nitrogen and oxygen atoms in total. The van der Waals surface area contributed by atoms with Gasteiger partial charge in [0, 0.05) is 32.3 Å². The van der Waals surface area contributed by atoms with Crippen LogP contribution >= 0.6 is 0 Å². The van der Waals surface area contributed by atoms with Crippen LogP contribution in [0, 0.1) is 10.1 Å². The third-order valence-electron chi connectivity index (χ3n) is 2.84. The highest BCUT2D eigenvalue weighted by Gasteiger charge is 2.23. The Morgan fingerprint density at radius 1 is 1.50 bits per heavy atom. The number of hydrogen-bond donors (Lipinski definition) is 1. The first-order valence-corrected chi connectivity index (χ1v) is 6.66. The quantitative estimate of drug-likeness (QED) is 0.582. The smallest absolute Gasteiger partial charge is 0.311 e. The molecule has 1 aromatic rings. The molecule has 1 heterocycles. The van der Waals surface area contributed by atoms with Crippen molar-refractivity contribution in [3.05, 3.63) is 22.2 Å². The van der Waals surface area contributed by atoms with Gasteiger partial charge in [-0.1, -0.05) is 0 Å². The van der Waals surface area contributed by atoms with Crippen LogP contribution in [0.15, 0.2) is 12.1 Å². The zero-order chi connectivity index (χ0) is 15.1. The highest BCUT2D eigenvalue weighted by molar-refractivity contribution is 5.62. The van der Waals surface area contributed by atoms with Gasteiger partial charge < -0.3 is 15.0 Å². The van der Waals surface area contributed by atoms with Crippen LogP contribution in [0.25, 0.3) is 0 Å². The number of pyridine rings is 1. The molecule has 0 fully saturated rings. The van der Waals surface area contributed by atoms with Crippen molar-refractivity contribution in [2.45, 2.75) is 26.8 Å². The van der Waals surface area contributed by atoms with E-state index in [9.17, 15) is 10.1 Å². The van der Waals surface area contributed by atoms with Crippen molar-refractivity contribution in [1.29, 1.82) is 0 Å². The van der Waals surface area contributed by atoms with E-state index < -0.39 is 4.92 Å². The van der Waals surface area contributed by atoms with Gasteiger partial charge in [-0.3, -0.25) is 10.1 Å². The van der Waals surface area contributed by atoms with Gasteiger partial charge in [0.15, 0.2) is 0 Å². The number of aromatic nitrogens is 1. The van der Waals surface area contributed by atoms with Crippen molar-refractivity contribution in [3.8, 4) is 0 Å². The van der Waals surface area contributed by atoms with Gasteiger partial charge in [0.1, 0.15) is 5.82 Å². The standard InChI is InChI=1S/C13H22N4O3/c1-5-14-12-7-6-11(17(18)19)13(15-12)16(10(2)3)8-9-20-4/h6-7,10H,5,8-9H2,1-4H3,(H,14,15). The van der Waals surface area contributed by atoms with Crippen LogP contribution in [0.2, 0.25) is 0 Å². The molecule has 1 aromatic heterocycles. The van der Waals surface area contributed by atoms with Gasteiger partial charge >= 0.3 is 5.69 Å². The van der Waals surface area contributed by atoms with Crippen LogP contribution in [-0.2, 0) is 4.74 Å². The minimum Gasteiger partial charge on any atom is -0.383 e. The van der Waals surface area contributed by atoms with Gasteiger partial charge in [-0.05, 0) is 26.8 Å². The first-order chi connectivity index (χ1) is 9.51. The second-order valence-corrected chi connectivity index (χ2v) is 4.61. The van der Waals surface area contributed by atoms with Crippen molar-refractivity contribution < 1.29 is 9.66 Å². The van der Waals surface area contributed by atoms with E-state index in [1.54, 1.807) is 13.2 Å². The molecule has 112 valence electrons. The van der Waals surface area contributed by atoms with E-state index in [-0.39, 0.29) is 11.7 Å². The molecule has 0 amide bonds. The van der Waals surface area contributed by atoms with Gasteiger partial charge in [0.05, 0.1) is 11.5 Å². The molecule has 0 bridgehead atoms. The van der Waals surface area contributed by atoms with Crippen molar-refractivity contribution in [1.82, 2.24) is 4.98 Å². The molecule has 0 atom stereocenters. The van der Waals surface area contributed by atoms with Crippen LogP contribution in [0.1, 0.15) is 20.8 Å². The van der Waals surface area contributed by atoms with Crippen molar-refractivity contribution >= 4 is 17.3 Å². The molecule has 0 saturated heterocycles. The Hall–Kier alpha value is -1.89. The fraction of sp³-hybridized carbons (Fsp3) is 0.615. The van der Waals surface area contributed by atoms with E-state index in [4.69, 9.17) is 4.74 Å². The Morgan fingerprint density at radius 3 is 2.70 bits per heavy atom. The van der Waals surface area contributed by atoms with Gasteiger partial charge in [-0.15, -0.1) is 0 Å². The fourth-order valence-electron chi connectivity index (χ4n) is 1.87. The van der Waals surface area contributed by atoms with Gasteiger partial charge in [-0.2, -0.15) is 0 Å². The molecule has 1 rings (SSSR count). The predicted octanol–water partition coefficient (Wildman–Crippen LogP) is 2.28. The summed E-state index contributed by atoms with van der Waals surface area (Å²) in [4.78, 5) is 17.0. The average Bonchev–Trinajstić information content (AvgIpc) is 2.39. The summed E-state index contributed by atoms with van der Waals surface area (Å²) in [5, 5.41) is 14.3. The van der Waals surface area contributed by atoms with Gasteiger partial charge in [0.25, 0.3) is 0 Å². The molecule has 0 aliphatic carbocycles. The van der Waals surface area contributed by atoms with Crippen LogP contribution in [0.4, 0.5) is 17.3 Å². The maximum absolute atomic E-state index is 11.2. The Morgan fingerprint density at radius 2 is 2.20 bits per heavy atom. The second-order valence-electron chi connectivity index (χ2n) is 4.61. The van der Waals surface area contributed by atoms with E-state index in [1.165, 1.54) is 6.07 Å². The van der Waals surface area contributed by atoms with Crippen molar-refractivity contribution in [2.75, 3.05) is 37.0 Å². The Bertz CT molecular complexity index is 451. The van der Waals surface area contributed by atoms with Crippen LogP contribution in [-0.4, -0.2) is 42.8 Å². The summed E-state index contributed by atoms with van der Waals surface area (Å²) < 4.78 is 5.07. The largest absolute Gasteiger partial charge is 0.383 e. The molecular weight excluding hydrogens is 260 g/mol. The molecule has 0 aliphatic rings. The number of rotatable bonds is 8. The summed E-state index contributed by atoms with van der Waals surface area (Å²) in [5.74, 6) is 1.01. The second kappa shape index (κ2) is 7.64. The minimum atomic E-state index is -0.403.